The minimum atomic E-state index is -0.890. The molecule has 0 spiro atoms. The Morgan fingerprint density at radius 2 is 1.39 bits per heavy atom. The van der Waals surface area contributed by atoms with Crippen molar-refractivity contribution in [2.24, 2.45) is 0 Å². The van der Waals surface area contributed by atoms with Crippen LogP contribution < -0.4 is 0 Å². The van der Waals surface area contributed by atoms with Crippen LogP contribution in [0.5, 0.6) is 0 Å². The molecule has 0 aliphatic rings. The molecule has 0 heterocycles. The lowest BCUT2D eigenvalue weighted by atomic mass is 9.78. The van der Waals surface area contributed by atoms with Crippen molar-refractivity contribution in [3.63, 3.8) is 0 Å². The Bertz CT molecular complexity index is 539. The summed E-state index contributed by atoms with van der Waals surface area (Å²) < 4.78 is 0. The Morgan fingerprint density at radius 3 is 1.89 bits per heavy atom. The molecule has 2 aromatic rings. The lowest BCUT2D eigenvalue weighted by molar-refractivity contribution is 0.0697. The maximum absolute atomic E-state index is 10.8. The van der Waals surface area contributed by atoms with E-state index in [2.05, 4.69) is 26.0 Å². The fraction of sp³-hybridized carbons (Fsp3) is 0.188. The Balaban J connectivity index is 2.39. The van der Waals surface area contributed by atoms with Crippen molar-refractivity contribution in [2.75, 3.05) is 0 Å². The minimum Gasteiger partial charge on any atom is -0.478 e. The number of rotatable bonds is 3. The predicted octanol–water partition coefficient (Wildman–Crippen LogP) is 3.71. The van der Waals surface area contributed by atoms with Crippen molar-refractivity contribution in [3.05, 3.63) is 71.3 Å². The van der Waals surface area contributed by atoms with Crippen molar-refractivity contribution in [2.45, 2.75) is 19.3 Å². The van der Waals surface area contributed by atoms with Crippen LogP contribution in [0, 0.1) is 0 Å². The number of carboxylic acid groups (broad SMARTS) is 1. The molecule has 0 aromatic heterocycles. The van der Waals surface area contributed by atoms with E-state index in [1.807, 2.05) is 30.3 Å². The van der Waals surface area contributed by atoms with E-state index in [0.29, 0.717) is 5.56 Å². The summed E-state index contributed by atoms with van der Waals surface area (Å²) in [5.41, 5.74) is 2.52. The first-order valence-corrected chi connectivity index (χ1v) is 5.91. The van der Waals surface area contributed by atoms with Gasteiger partial charge in [0.25, 0.3) is 0 Å². The van der Waals surface area contributed by atoms with E-state index < -0.39 is 5.97 Å². The van der Waals surface area contributed by atoms with Crippen molar-refractivity contribution in [1.29, 1.82) is 0 Å². The number of carbonyl (C=O) groups is 1. The van der Waals surface area contributed by atoms with Crippen LogP contribution in [0.2, 0.25) is 0 Å². The van der Waals surface area contributed by atoms with Crippen LogP contribution in [-0.2, 0) is 5.41 Å². The van der Waals surface area contributed by atoms with E-state index in [1.165, 1.54) is 5.56 Å². The molecule has 0 radical (unpaired) electrons. The molecular formula is C16H16O2. The second kappa shape index (κ2) is 4.65. The third-order valence-corrected chi connectivity index (χ3v) is 3.35. The van der Waals surface area contributed by atoms with Crippen LogP contribution >= 0.6 is 0 Å². The highest BCUT2D eigenvalue weighted by Gasteiger charge is 2.22. The Kier molecular flexibility index (Phi) is 3.19. The highest BCUT2D eigenvalue weighted by Crippen LogP contribution is 2.31. The van der Waals surface area contributed by atoms with Gasteiger partial charge in [0.05, 0.1) is 5.56 Å². The molecule has 0 atom stereocenters. The first-order valence-electron chi connectivity index (χ1n) is 5.91. The van der Waals surface area contributed by atoms with Gasteiger partial charge in [-0.1, -0.05) is 56.3 Å². The molecular weight excluding hydrogens is 224 g/mol. The number of hydrogen-bond donors (Lipinski definition) is 1. The van der Waals surface area contributed by atoms with Gasteiger partial charge in [0.2, 0.25) is 0 Å². The van der Waals surface area contributed by atoms with Gasteiger partial charge < -0.3 is 5.11 Å². The molecule has 0 bridgehead atoms. The quantitative estimate of drug-likeness (QED) is 0.888. The summed E-state index contributed by atoms with van der Waals surface area (Å²) in [4.78, 5) is 10.8. The van der Waals surface area contributed by atoms with Crippen LogP contribution in [0.3, 0.4) is 0 Å². The summed E-state index contributed by atoms with van der Waals surface area (Å²) in [7, 11) is 0. The second-order valence-electron chi connectivity index (χ2n) is 4.87. The Hall–Kier alpha value is -2.09. The lowest BCUT2D eigenvalue weighted by Gasteiger charge is -2.26. The fourth-order valence-corrected chi connectivity index (χ4v) is 2.05. The Morgan fingerprint density at radius 1 is 0.889 bits per heavy atom. The van der Waals surface area contributed by atoms with Crippen molar-refractivity contribution in [1.82, 2.24) is 0 Å². The van der Waals surface area contributed by atoms with Gasteiger partial charge in [-0.2, -0.15) is 0 Å². The first kappa shape index (κ1) is 12.4. The maximum Gasteiger partial charge on any atom is 0.335 e. The molecule has 2 heteroatoms. The van der Waals surface area contributed by atoms with E-state index in [1.54, 1.807) is 12.1 Å². The van der Waals surface area contributed by atoms with Gasteiger partial charge >= 0.3 is 5.97 Å². The molecule has 0 amide bonds. The third kappa shape index (κ3) is 2.28. The molecule has 2 aromatic carbocycles. The SMILES string of the molecule is CC(C)(c1ccccc1)c1ccc(C(=O)O)cc1. The molecule has 1 N–H and O–H groups in total. The maximum atomic E-state index is 10.8. The van der Waals surface area contributed by atoms with Crippen molar-refractivity contribution < 1.29 is 9.90 Å². The summed E-state index contributed by atoms with van der Waals surface area (Å²) in [5.74, 6) is -0.890. The highest BCUT2D eigenvalue weighted by molar-refractivity contribution is 5.87. The standard InChI is InChI=1S/C16H16O2/c1-16(2,13-6-4-3-5-7-13)14-10-8-12(9-11-14)15(17)18/h3-11H,1-2H3,(H,17,18). The molecule has 0 aliphatic heterocycles. The fourth-order valence-electron chi connectivity index (χ4n) is 2.05. The average Bonchev–Trinajstić information content (AvgIpc) is 2.40. The van der Waals surface area contributed by atoms with Crippen LogP contribution in [0.25, 0.3) is 0 Å². The molecule has 0 unspecified atom stereocenters. The van der Waals surface area contributed by atoms with Crippen molar-refractivity contribution >= 4 is 5.97 Å². The van der Waals surface area contributed by atoms with E-state index in [4.69, 9.17) is 5.11 Å². The second-order valence-corrected chi connectivity index (χ2v) is 4.87. The van der Waals surface area contributed by atoms with Gasteiger partial charge in [-0.3, -0.25) is 0 Å². The minimum absolute atomic E-state index is 0.127. The number of hydrogen-bond acceptors (Lipinski definition) is 1. The summed E-state index contributed by atoms with van der Waals surface area (Å²) in [6, 6.07) is 17.3. The summed E-state index contributed by atoms with van der Waals surface area (Å²) in [6.45, 7) is 4.27. The molecule has 0 fully saturated rings. The van der Waals surface area contributed by atoms with Crippen LogP contribution in [0.1, 0.15) is 35.3 Å². The largest absolute Gasteiger partial charge is 0.478 e. The normalized spacial score (nSPS) is 11.2. The van der Waals surface area contributed by atoms with Gasteiger partial charge in [-0.05, 0) is 23.3 Å². The Labute approximate surface area is 107 Å². The molecule has 0 saturated heterocycles. The molecule has 0 aliphatic carbocycles. The van der Waals surface area contributed by atoms with Crippen molar-refractivity contribution in [3.8, 4) is 0 Å². The smallest absolute Gasteiger partial charge is 0.335 e. The molecule has 92 valence electrons. The van der Waals surface area contributed by atoms with Gasteiger partial charge in [0.1, 0.15) is 0 Å². The van der Waals surface area contributed by atoms with Crippen LogP contribution in [0.4, 0.5) is 0 Å². The lowest BCUT2D eigenvalue weighted by Crippen LogP contribution is -2.18. The summed E-state index contributed by atoms with van der Waals surface area (Å²) in [6.07, 6.45) is 0. The zero-order chi connectivity index (χ0) is 13.2. The zero-order valence-corrected chi connectivity index (χ0v) is 10.6. The summed E-state index contributed by atoms with van der Waals surface area (Å²) >= 11 is 0. The molecule has 18 heavy (non-hydrogen) atoms. The molecule has 2 rings (SSSR count). The number of benzene rings is 2. The van der Waals surface area contributed by atoms with E-state index in [-0.39, 0.29) is 5.41 Å². The topological polar surface area (TPSA) is 37.3 Å². The van der Waals surface area contributed by atoms with Gasteiger partial charge in [-0.15, -0.1) is 0 Å². The van der Waals surface area contributed by atoms with E-state index in [9.17, 15) is 4.79 Å². The van der Waals surface area contributed by atoms with Gasteiger partial charge in [0.15, 0.2) is 0 Å². The number of carboxylic acids is 1. The van der Waals surface area contributed by atoms with Crippen LogP contribution in [0.15, 0.2) is 54.6 Å². The first-order chi connectivity index (χ1) is 8.51. The average molecular weight is 240 g/mol. The van der Waals surface area contributed by atoms with E-state index >= 15 is 0 Å². The predicted molar refractivity (Wildman–Crippen MR) is 72.0 cm³/mol. The molecule has 2 nitrogen and oxygen atoms in total. The summed E-state index contributed by atoms with van der Waals surface area (Å²) in [5, 5.41) is 8.90. The number of aromatic carboxylic acids is 1. The molecule has 0 saturated carbocycles. The van der Waals surface area contributed by atoms with Gasteiger partial charge in [-0.25, -0.2) is 4.79 Å². The van der Waals surface area contributed by atoms with Crippen LogP contribution in [-0.4, -0.2) is 11.1 Å². The van der Waals surface area contributed by atoms with E-state index in [0.717, 1.165) is 5.56 Å². The third-order valence-electron chi connectivity index (χ3n) is 3.35. The monoisotopic (exact) mass is 240 g/mol. The zero-order valence-electron chi connectivity index (χ0n) is 10.6. The highest BCUT2D eigenvalue weighted by atomic mass is 16.4. The van der Waals surface area contributed by atoms with Gasteiger partial charge in [0, 0.05) is 5.41 Å².